The molecule has 0 aromatic heterocycles. The number of nitrogens with zero attached hydrogens (tertiary/aromatic N) is 1. The summed E-state index contributed by atoms with van der Waals surface area (Å²) in [5.41, 5.74) is 4.72. The molecule has 0 aliphatic heterocycles. The third kappa shape index (κ3) is 3.71. The number of benzene rings is 2. The van der Waals surface area contributed by atoms with Crippen LogP contribution in [0, 0.1) is 3.57 Å². The minimum absolute atomic E-state index is 0.449. The van der Waals surface area contributed by atoms with Crippen LogP contribution in [0.3, 0.4) is 0 Å². The minimum atomic E-state index is 0.449. The Kier molecular flexibility index (Phi) is 4.39. The van der Waals surface area contributed by atoms with Crippen molar-refractivity contribution in [1.82, 2.24) is 0 Å². The van der Waals surface area contributed by atoms with Gasteiger partial charge in [-0.15, -0.1) is 0 Å². The van der Waals surface area contributed by atoms with Gasteiger partial charge in [0, 0.05) is 9.13 Å². The molecule has 0 aliphatic carbocycles. The van der Waals surface area contributed by atoms with Crippen molar-refractivity contribution in [2.75, 3.05) is 5.43 Å². The van der Waals surface area contributed by atoms with E-state index in [4.69, 9.17) is 11.6 Å². The highest BCUT2D eigenvalue weighted by Gasteiger charge is 1.99. The van der Waals surface area contributed by atoms with Crippen LogP contribution in [0.5, 0.6) is 0 Å². The highest BCUT2D eigenvalue weighted by molar-refractivity contribution is 14.1. The quantitative estimate of drug-likeness (QED) is 0.495. The first-order valence-electron chi connectivity index (χ1n) is 5.06. The number of rotatable bonds is 3. The first-order chi connectivity index (χ1) is 8.25. The fraction of sp³-hybridized carbons (Fsp3) is 0. The lowest BCUT2D eigenvalue weighted by Crippen LogP contribution is -1.96. The smallest absolute Gasteiger partial charge is 0.156 e. The Morgan fingerprint density at radius 1 is 1.00 bits per heavy atom. The fourth-order valence-electron chi connectivity index (χ4n) is 1.28. The van der Waals surface area contributed by atoms with E-state index in [0.29, 0.717) is 5.17 Å². The van der Waals surface area contributed by atoms with Gasteiger partial charge in [0.2, 0.25) is 0 Å². The van der Waals surface area contributed by atoms with Gasteiger partial charge in [-0.1, -0.05) is 41.9 Å². The fourth-order valence-corrected chi connectivity index (χ4v) is 1.81. The van der Waals surface area contributed by atoms with Crippen LogP contribution >= 0.6 is 34.2 Å². The molecule has 2 nitrogen and oxygen atoms in total. The van der Waals surface area contributed by atoms with E-state index in [9.17, 15) is 0 Å². The molecule has 0 atom stereocenters. The summed E-state index contributed by atoms with van der Waals surface area (Å²) < 4.78 is 1.17. The zero-order valence-corrected chi connectivity index (χ0v) is 11.8. The second-order valence-electron chi connectivity index (χ2n) is 3.39. The van der Waals surface area contributed by atoms with Crippen molar-refractivity contribution in [3.05, 3.63) is 63.7 Å². The number of nitrogens with one attached hydrogen (secondary N) is 1. The van der Waals surface area contributed by atoms with Crippen molar-refractivity contribution in [3.8, 4) is 0 Å². The number of hydrogen-bond acceptors (Lipinski definition) is 2. The third-order valence-corrected chi connectivity index (χ3v) is 3.16. The zero-order valence-electron chi connectivity index (χ0n) is 8.90. The number of hydrogen-bond donors (Lipinski definition) is 1. The molecule has 0 spiro atoms. The lowest BCUT2D eigenvalue weighted by molar-refractivity contribution is 1.34. The molecule has 0 unspecified atom stereocenters. The third-order valence-electron chi connectivity index (χ3n) is 2.14. The van der Waals surface area contributed by atoms with Gasteiger partial charge < -0.3 is 0 Å². The Bertz CT molecular complexity index is 509. The molecule has 0 fully saturated rings. The van der Waals surface area contributed by atoms with Crippen LogP contribution in [0.1, 0.15) is 5.56 Å². The van der Waals surface area contributed by atoms with Crippen LogP contribution in [-0.4, -0.2) is 5.17 Å². The van der Waals surface area contributed by atoms with E-state index >= 15 is 0 Å². The molecule has 0 heterocycles. The molecule has 86 valence electrons. The molecule has 0 amide bonds. The number of hydrazone groups is 1. The topological polar surface area (TPSA) is 24.4 Å². The average molecular weight is 357 g/mol. The van der Waals surface area contributed by atoms with E-state index in [2.05, 4.69) is 33.1 Å². The van der Waals surface area contributed by atoms with Gasteiger partial charge in [-0.2, -0.15) is 5.10 Å². The summed E-state index contributed by atoms with van der Waals surface area (Å²) in [6, 6.07) is 17.6. The van der Waals surface area contributed by atoms with Crippen LogP contribution in [0.15, 0.2) is 59.7 Å². The largest absolute Gasteiger partial charge is 0.277 e. The van der Waals surface area contributed by atoms with Gasteiger partial charge >= 0.3 is 0 Å². The summed E-state index contributed by atoms with van der Waals surface area (Å²) in [5, 5.41) is 4.57. The summed E-state index contributed by atoms with van der Waals surface area (Å²) in [6.45, 7) is 0. The predicted octanol–water partition coefficient (Wildman–Crippen LogP) is 4.30. The molecule has 0 saturated carbocycles. The monoisotopic (exact) mass is 356 g/mol. The van der Waals surface area contributed by atoms with E-state index in [1.807, 2.05) is 54.6 Å². The van der Waals surface area contributed by atoms with Gasteiger partial charge in [0.1, 0.15) is 0 Å². The van der Waals surface area contributed by atoms with E-state index < -0.39 is 0 Å². The molecular formula is C13H10ClIN2. The van der Waals surface area contributed by atoms with E-state index in [-0.39, 0.29) is 0 Å². The van der Waals surface area contributed by atoms with Crippen molar-refractivity contribution in [2.45, 2.75) is 0 Å². The molecule has 2 aromatic rings. The number of para-hydroxylation sites is 1. The molecule has 17 heavy (non-hydrogen) atoms. The molecule has 2 rings (SSSR count). The second kappa shape index (κ2) is 6.02. The zero-order chi connectivity index (χ0) is 12.1. The van der Waals surface area contributed by atoms with Gasteiger partial charge in [-0.3, -0.25) is 5.43 Å². The van der Waals surface area contributed by atoms with Crippen LogP contribution < -0.4 is 5.43 Å². The lowest BCUT2D eigenvalue weighted by Gasteiger charge is -2.01. The second-order valence-corrected chi connectivity index (χ2v) is 4.99. The molecule has 1 N–H and O–H groups in total. The van der Waals surface area contributed by atoms with E-state index in [0.717, 1.165) is 11.3 Å². The molecule has 0 aliphatic rings. The van der Waals surface area contributed by atoms with Crippen LogP contribution in [-0.2, 0) is 0 Å². The Hall–Kier alpha value is -1.07. The Morgan fingerprint density at radius 2 is 1.65 bits per heavy atom. The summed E-state index contributed by atoms with van der Waals surface area (Å²) in [4.78, 5) is 0. The lowest BCUT2D eigenvalue weighted by atomic mass is 10.2. The van der Waals surface area contributed by atoms with Crippen LogP contribution in [0.2, 0.25) is 0 Å². The predicted molar refractivity (Wildman–Crippen MR) is 81.6 cm³/mol. The van der Waals surface area contributed by atoms with Gasteiger partial charge in [0.05, 0.1) is 5.69 Å². The number of anilines is 1. The van der Waals surface area contributed by atoms with Crippen molar-refractivity contribution in [2.24, 2.45) is 5.10 Å². The highest BCUT2D eigenvalue weighted by Crippen LogP contribution is 2.11. The molecule has 2 aromatic carbocycles. The first-order valence-corrected chi connectivity index (χ1v) is 6.51. The Morgan fingerprint density at radius 3 is 2.29 bits per heavy atom. The van der Waals surface area contributed by atoms with Crippen molar-refractivity contribution in [3.63, 3.8) is 0 Å². The number of halogens is 2. The summed E-state index contributed by atoms with van der Waals surface area (Å²) in [6.07, 6.45) is 0. The molecule has 0 saturated heterocycles. The van der Waals surface area contributed by atoms with Gasteiger partial charge in [-0.25, -0.2) is 0 Å². The maximum atomic E-state index is 6.09. The first kappa shape index (κ1) is 12.4. The summed E-state index contributed by atoms with van der Waals surface area (Å²) >= 11 is 8.35. The van der Waals surface area contributed by atoms with E-state index in [1.54, 1.807) is 0 Å². The average Bonchev–Trinajstić information content (AvgIpc) is 2.38. The molecule has 0 radical (unpaired) electrons. The Labute approximate surface area is 119 Å². The van der Waals surface area contributed by atoms with Crippen molar-refractivity contribution >= 4 is 45.1 Å². The molecule has 0 bridgehead atoms. The maximum Gasteiger partial charge on any atom is 0.156 e. The van der Waals surface area contributed by atoms with Crippen molar-refractivity contribution < 1.29 is 0 Å². The van der Waals surface area contributed by atoms with Crippen LogP contribution in [0.4, 0.5) is 5.69 Å². The summed E-state index contributed by atoms with van der Waals surface area (Å²) in [5.74, 6) is 0. The molecular weight excluding hydrogens is 347 g/mol. The van der Waals surface area contributed by atoms with Crippen LogP contribution in [0.25, 0.3) is 0 Å². The minimum Gasteiger partial charge on any atom is -0.277 e. The van der Waals surface area contributed by atoms with Gasteiger partial charge in [0.15, 0.2) is 5.17 Å². The van der Waals surface area contributed by atoms with E-state index in [1.165, 1.54) is 3.57 Å². The Balaban J connectivity index is 2.10. The maximum absolute atomic E-state index is 6.09. The molecule has 4 heteroatoms. The van der Waals surface area contributed by atoms with Crippen molar-refractivity contribution in [1.29, 1.82) is 0 Å². The normalized spacial score (nSPS) is 11.3. The SMILES string of the molecule is Cl/C(=N\Nc1ccccc1)c1ccc(I)cc1. The highest BCUT2D eigenvalue weighted by atomic mass is 127. The standard InChI is InChI=1S/C13H10ClIN2/c14-13(10-6-8-11(15)9-7-10)17-16-12-4-2-1-3-5-12/h1-9,16H/b17-13-. The van der Waals surface area contributed by atoms with Gasteiger partial charge in [0.25, 0.3) is 0 Å². The van der Waals surface area contributed by atoms with Gasteiger partial charge in [-0.05, 0) is 46.9 Å². The summed E-state index contributed by atoms with van der Waals surface area (Å²) in [7, 11) is 0.